The fourth-order valence-electron chi connectivity index (χ4n) is 14.4. The highest BCUT2D eigenvalue weighted by Gasteiger charge is 2.24. The quantitative estimate of drug-likeness (QED) is 0.128. The average Bonchev–Trinajstić information content (AvgIpc) is 1.49. The van der Waals surface area contributed by atoms with E-state index in [1.807, 2.05) is 6.07 Å². The molecule has 0 atom stereocenters. The molecule has 0 aliphatic rings. The average molecular weight is 1150 g/mol. The number of anilines is 6. The van der Waals surface area contributed by atoms with Crippen molar-refractivity contribution in [3.8, 4) is 39.1 Å². The SMILES string of the molecule is c1ccc(-c2ccc(N(c3ccc(-c4cccc5ccccc45)cc3)c3ccc4c(c3)c3cc(-c5ccc(N(c6ccccc6)c6cccc7oc8ccccc8c67)cc5)ccc3n4-c3ccc4c5ccccc5c5ccccc5c4c3)c3ccccc23)cc1. The lowest BCUT2D eigenvalue weighted by molar-refractivity contribution is 0.669. The second-order valence-corrected chi connectivity index (χ2v) is 23.5. The Balaban J connectivity index is 0.841. The molecular weight excluding hydrogens is 1090 g/mol. The van der Waals surface area contributed by atoms with Crippen LogP contribution in [0.15, 0.2) is 338 Å². The molecule has 0 aliphatic carbocycles. The van der Waals surface area contributed by atoms with Gasteiger partial charge in [0.2, 0.25) is 0 Å². The van der Waals surface area contributed by atoms with Gasteiger partial charge in [-0.1, -0.05) is 231 Å². The minimum absolute atomic E-state index is 0.861. The second-order valence-electron chi connectivity index (χ2n) is 23.5. The number of hydrogen-bond acceptors (Lipinski definition) is 3. The van der Waals surface area contributed by atoms with Crippen LogP contribution < -0.4 is 9.80 Å². The van der Waals surface area contributed by atoms with Crippen LogP contribution in [-0.2, 0) is 0 Å². The van der Waals surface area contributed by atoms with Gasteiger partial charge in [-0.15, -0.1) is 0 Å². The first-order valence-electron chi connectivity index (χ1n) is 30.9. The van der Waals surface area contributed by atoms with E-state index in [9.17, 15) is 0 Å². The topological polar surface area (TPSA) is 24.6 Å². The molecule has 4 nitrogen and oxygen atoms in total. The summed E-state index contributed by atoms with van der Waals surface area (Å²) >= 11 is 0. The number of nitrogens with zero attached hydrogens (tertiary/aromatic N) is 3. The maximum absolute atomic E-state index is 6.44. The summed E-state index contributed by atoms with van der Waals surface area (Å²) in [7, 11) is 0. The molecule has 0 fully saturated rings. The molecule has 0 spiro atoms. The van der Waals surface area contributed by atoms with Crippen molar-refractivity contribution in [3.05, 3.63) is 334 Å². The third-order valence-corrected chi connectivity index (χ3v) is 18.5. The van der Waals surface area contributed by atoms with Crippen LogP contribution in [0.5, 0.6) is 0 Å². The fraction of sp³-hybridized carbons (Fsp3) is 0. The summed E-state index contributed by atoms with van der Waals surface area (Å²) in [5, 5.41) is 16.8. The van der Waals surface area contributed by atoms with Crippen molar-refractivity contribution in [2.24, 2.45) is 0 Å². The van der Waals surface area contributed by atoms with Gasteiger partial charge in [-0.25, -0.2) is 0 Å². The number of rotatable bonds is 10. The van der Waals surface area contributed by atoms with E-state index in [0.717, 1.165) is 94.7 Å². The Kier molecular flexibility index (Phi) is 11.9. The van der Waals surface area contributed by atoms with E-state index in [4.69, 9.17) is 4.42 Å². The van der Waals surface area contributed by atoms with Gasteiger partial charge in [-0.05, 0) is 185 Å². The van der Waals surface area contributed by atoms with Crippen molar-refractivity contribution in [1.29, 1.82) is 0 Å². The van der Waals surface area contributed by atoms with Crippen LogP contribution in [0.3, 0.4) is 0 Å². The Hall–Kier alpha value is -12.0. The highest BCUT2D eigenvalue weighted by Crippen LogP contribution is 2.48. The molecule has 0 N–H and O–H groups in total. The summed E-state index contributed by atoms with van der Waals surface area (Å²) in [6, 6.07) is 122. The summed E-state index contributed by atoms with van der Waals surface area (Å²) in [6.45, 7) is 0. The Morgan fingerprint density at radius 3 is 1.46 bits per heavy atom. The van der Waals surface area contributed by atoms with Crippen molar-refractivity contribution in [2.45, 2.75) is 0 Å². The molecule has 0 saturated carbocycles. The molecular formula is C86H55N3O. The van der Waals surface area contributed by atoms with Crippen LogP contribution >= 0.6 is 0 Å². The van der Waals surface area contributed by atoms with Gasteiger partial charge in [-0.3, -0.25) is 0 Å². The van der Waals surface area contributed by atoms with E-state index in [1.54, 1.807) is 0 Å². The monoisotopic (exact) mass is 1150 g/mol. The molecule has 0 saturated heterocycles. The highest BCUT2D eigenvalue weighted by atomic mass is 16.3. The van der Waals surface area contributed by atoms with Crippen LogP contribution in [0.25, 0.3) is 137 Å². The van der Waals surface area contributed by atoms with Crippen LogP contribution in [0.1, 0.15) is 0 Å². The third kappa shape index (κ3) is 8.30. The molecule has 18 aromatic rings. The molecule has 90 heavy (non-hydrogen) atoms. The van der Waals surface area contributed by atoms with Gasteiger partial charge < -0.3 is 18.8 Å². The van der Waals surface area contributed by atoms with E-state index in [2.05, 4.69) is 342 Å². The van der Waals surface area contributed by atoms with Crippen molar-refractivity contribution in [3.63, 3.8) is 0 Å². The Morgan fingerprint density at radius 1 is 0.233 bits per heavy atom. The van der Waals surface area contributed by atoms with Gasteiger partial charge in [0, 0.05) is 50.0 Å². The molecule has 2 aromatic heterocycles. The molecule has 0 amide bonds. The van der Waals surface area contributed by atoms with Gasteiger partial charge in [0.05, 0.1) is 27.8 Å². The van der Waals surface area contributed by atoms with Crippen molar-refractivity contribution >= 4 is 132 Å². The lowest BCUT2D eigenvalue weighted by atomic mass is 9.94. The number of fused-ring (bicyclic) bond motifs is 14. The predicted octanol–water partition coefficient (Wildman–Crippen LogP) is 24.4. The smallest absolute Gasteiger partial charge is 0.137 e. The van der Waals surface area contributed by atoms with Crippen molar-refractivity contribution in [1.82, 2.24) is 4.57 Å². The molecule has 16 aromatic carbocycles. The minimum atomic E-state index is 0.861. The van der Waals surface area contributed by atoms with Gasteiger partial charge in [0.1, 0.15) is 11.2 Å². The molecule has 0 aliphatic heterocycles. The highest BCUT2D eigenvalue weighted by molar-refractivity contribution is 6.26. The van der Waals surface area contributed by atoms with E-state index in [-0.39, 0.29) is 0 Å². The first-order valence-corrected chi connectivity index (χ1v) is 30.9. The Labute approximate surface area is 520 Å². The van der Waals surface area contributed by atoms with E-state index < -0.39 is 0 Å². The first-order chi connectivity index (χ1) is 44.6. The molecule has 2 heterocycles. The molecule has 18 rings (SSSR count). The fourth-order valence-corrected chi connectivity index (χ4v) is 14.4. The zero-order valence-electron chi connectivity index (χ0n) is 49.0. The Bertz CT molecular complexity index is 5810. The maximum Gasteiger partial charge on any atom is 0.137 e. The number of aromatic nitrogens is 1. The van der Waals surface area contributed by atoms with Gasteiger partial charge >= 0.3 is 0 Å². The molecule has 0 radical (unpaired) electrons. The van der Waals surface area contributed by atoms with E-state index in [0.29, 0.717) is 0 Å². The van der Waals surface area contributed by atoms with Crippen LogP contribution in [0.2, 0.25) is 0 Å². The van der Waals surface area contributed by atoms with Crippen LogP contribution in [0, 0.1) is 0 Å². The molecule has 420 valence electrons. The minimum Gasteiger partial charge on any atom is -0.456 e. The maximum atomic E-state index is 6.44. The second kappa shape index (κ2) is 20.9. The summed E-state index contributed by atoms with van der Waals surface area (Å²) in [6.07, 6.45) is 0. The van der Waals surface area contributed by atoms with Gasteiger partial charge in [-0.2, -0.15) is 0 Å². The summed E-state index contributed by atoms with van der Waals surface area (Å²) in [4.78, 5) is 4.82. The Morgan fingerprint density at radius 2 is 0.722 bits per heavy atom. The number of para-hydroxylation sites is 2. The van der Waals surface area contributed by atoms with Crippen molar-refractivity contribution < 1.29 is 4.42 Å². The largest absolute Gasteiger partial charge is 0.456 e. The zero-order chi connectivity index (χ0) is 59.2. The lowest BCUT2D eigenvalue weighted by Crippen LogP contribution is -2.10. The molecule has 0 unspecified atom stereocenters. The van der Waals surface area contributed by atoms with E-state index >= 15 is 0 Å². The number of hydrogen-bond donors (Lipinski definition) is 0. The number of benzene rings is 16. The van der Waals surface area contributed by atoms with Crippen molar-refractivity contribution in [2.75, 3.05) is 9.80 Å². The first kappa shape index (κ1) is 51.3. The standard InChI is InChI=1S/C86H55N3O/c1-3-19-57(20-4-1)68-49-52-80(75-31-14-13-26-69(68)75)88(63-44-39-59(40-45-63)67-33-17-22-58-21-7-8-25-66(58)67)64-47-51-82-79(55-64)78-53-60(41-50-81(78)89(82)65-46-48-74-72-29-10-9-27-70(72)71-28-11-12-30-73(71)77(74)54-65)56-37-42-62(43-38-56)87(61-23-5-2-6-24-61)83-34-18-36-85-86(83)76-32-15-16-35-84(76)90-85/h1-55H. The third-order valence-electron chi connectivity index (χ3n) is 18.5. The zero-order valence-corrected chi connectivity index (χ0v) is 49.0. The molecule has 0 bridgehead atoms. The van der Waals surface area contributed by atoms with Crippen LogP contribution in [-0.4, -0.2) is 4.57 Å². The van der Waals surface area contributed by atoms with Gasteiger partial charge in [0.25, 0.3) is 0 Å². The lowest BCUT2D eigenvalue weighted by Gasteiger charge is -2.28. The molecule has 4 heteroatoms. The predicted molar refractivity (Wildman–Crippen MR) is 381 cm³/mol. The van der Waals surface area contributed by atoms with Crippen LogP contribution in [0.4, 0.5) is 34.1 Å². The summed E-state index contributed by atoms with van der Waals surface area (Å²) in [5.41, 5.74) is 18.5. The normalized spacial score (nSPS) is 11.8. The summed E-state index contributed by atoms with van der Waals surface area (Å²) < 4.78 is 8.92. The summed E-state index contributed by atoms with van der Waals surface area (Å²) in [5.74, 6) is 0. The number of furan rings is 1. The van der Waals surface area contributed by atoms with Gasteiger partial charge in [0.15, 0.2) is 0 Å². The van der Waals surface area contributed by atoms with E-state index in [1.165, 1.54) is 76.1 Å².